The van der Waals surface area contributed by atoms with E-state index >= 15 is 0 Å². The molecule has 7 nitrogen and oxygen atoms in total. The van der Waals surface area contributed by atoms with Crippen LogP contribution in [0.5, 0.6) is 34.5 Å². The molecule has 2 atom stereocenters. The first kappa shape index (κ1) is 29.7. The number of nitrogens with zero attached hydrogens (tertiary/aromatic N) is 1. The second-order valence-corrected chi connectivity index (χ2v) is 9.05. The normalized spacial score (nSPS) is 17.6. The number of aryl methyl sites for hydroxylation is 2. The van der Waals surface area contributed by atoms with Crippen molar-refractivity contribution in [3.8, 4) is 34.5 Å². The van der Waals surface area contributed by atoms with Gasteiger partial charge in [0.25, 0.3) is 0 Å². The van der Waals surface area contributed by atoms with Gasteiger partial charge in [-0.15, -0.1) is 12.4 Å². The fraction of sp³-hybridized carbons (Fsp3) is 0.571. The zero-order valence-electron chi connectivity index (χ0n) is 22.7. The van der Waals surface area contributed by atoms with Gasteiger partial charge in [0.1, 0.15) is 0 Å². The second kappa shape index (κ2) is 14.3. The van der Waals surface area contributed by atoms with Crippen molar-refractivity contribution in [1.29, 1.82) is 0 Å². The molecule has 0 amide bonds. The molecule has 0 spiro atoms. The summed E-state index contributed by atoms with van der Waals surface area (Å²) in [5.74, 6) is 4.12. The lowest BCUT2D eigenvalue weighted by molar-refractivity contribution is 0.102. The molecular formula is C28H42ClNO6. The topological polar surface area (TPSA) is 58.6 Å². The van der Waals surface area contributed by atoms with Crippen molar-refractivity contribution >= 4 is 12.4 Å². The maximum atomic E-state index is 5.53. The standard InChI is InChI=1S/C28H41NO6.ClH/c1-29-21(13-11-19-15-23(30-2)27(34-6)24(16-19)31-3)9-8-10-22(29)14-12-20-17-25(32-4)28(35-7)26(18-20)33-5;/h15-18,21-22H,8-14H2,1-7H3;1H. The number of likely N-dealkylation sites (tertiary alicyclic amines) is 1. The molecule has 0 aliphatic carbocycles. The van der Waals surface area contributed by atoms with Gasteiger partial charge in [-0.2, -0.15) is 0 Å². The Bertz CT molecular complexity index is 844. The Morgan fingerprint density at radius 2 is 0.944 bits per heavy atom. The summed E-state index contributed by atoms with van der Waals surface area (Å²) in [6.07, 6.45) is 7.82. The highest BCUT2D eigenvalue weighted by Gasteiger charge is 2.27. The van der Waals surface area contributed by atoms with Crippen molar-refractivity contribution < 1.29 is 28.4 Å². The monoisotopic (exact) mass is 523 g/mol. The van der Waals surface area contributed by atoms with Crippen molar-refractivity contribution in [2.45, 2.75) is 57.0 Å². The van der Waals surface area contributed by atoms with Crippen LogP contribution in [0.4, 0.5) is 0 Å². The largest absolute Gasteiger partial charge is 0.493 e. The van der Waals surface area contributed by atoms with E-state index in [9.17, 15) is 0 Å². The van der Waals surface area contributed by atoms with Crippen LogP contribution in [0.25, 0.3) is 0 Å². The molecule has 0 aromatic heterocycles. The number of ether oxygens (including phenoxy) is 6. The van der Waals surface area contributed by atoms with Crippen LogP contribution < -0.4 is 28.4 Å². The SMILES string of the molecule is COc1cc(CCC2CCCC(CCc3cc(OC)c(OC)c(OC)c3)N2C)cc(OC)c1OC.Cl. The molecule has 0 bridgehead atoms. The predicted molar refractivity (Wildman–Crippen MR) is 145 cm³/mol. The minimum atomic E-state index is 0. The molecule has 36 heavy (non-hydrogen) atoms. The van der Waals surface area contributed by atoms with Crippen molar-refractivity contribution in [2.75, 3.05) is 49.7 Å². The average molecular weight is 524 g/mol. The first-order chi connectivity index (χ1) is 17.0. The third kappa shape index (κ3) is 6.83. The van der Waals surface area contributed by atoms with Gasteiger partial charge in [0.2, 0.25) is 11.5 Å². The Hall–Kier alpha value is -2.51. The zero-order chi connectivity index (χ0) is 25.4. The maximum Gasteiger partial charge on any atom is 0.203 e. The average Bonchev–Trinajstić information content (AvgIpc) is 2.90. The molecule has 3 rings (SSSR count). The zero-order valence-corrected chi connectivity index (χ0v) is 23.5. The Labute approximate surface area is 222 Å². The molecule has 1 fully saturated rings. The summed E-state index contributed by atoms with van der Waals surface area (Å²) in [6.45, 7) is 0. The first-order valence-electron chi connectivity index (χ1n) is 12.3. The van der Waals surface area contributed by atoms with Crippen LogP contribution in [-0.2, 0) is 12.8 Å². The molecule has 0 saturated carbocycles. The van der Waals surface area contributed by atoms with E-state index in [1.807, 2.05) is 0 Å². The third-order valence-electron chi connectivity index (χ3n) is 7.21. The van der Waals surface area contributed by atoms with Crippen molar-refractivity contribution in [1.82, 2.24) is 4.90 Å². The van der Waals surface area contributed by atoms with Crippen molar-refractivity contribution in [3.05, 3.63) is 35.4 Å². The summed E-state index contributed by atoms with van der Waals surface area (Å²) in [4.78, 5) is 2.58. The van der Waals surface area contributed by atoms with E-state index in [0.717, 1.165) is 25.7 Å². The smallest absolute Gasteiger partial charge is 0.203 e. The molecule has 0 N–H and O–H groups in total. The van der Waals surface area contributed by atoms with E-state index in [0.29, 0.717) is 46.6 Å². The Morgan fingerprint density at radius 1 is 0.611 bits per heavy atom. The van der Waals surface area contributed by atoms with E-state index in [-0.39, 0.29) is 12.4 Å². The predicted octanol–water partition coefficient (Wildman–Crippen LogP) is 5.58. The van der Waals surface area contributed by atoms with Crippen LogP contribution >= 0.6 is 12.4 Å². The van der Waals surface area contributed by atoms with E-state index in [1.54, 1.807) is 42.7 Å². The Morgan fingerprint density at radius 3 is 1.22 bits per heavy atom. The number of hydrogen-bond acceptors (Lipinski definition) is 7. The van der Waals surface area contributed by atoms with E-state index in [4.69, 9.17) is 28.4 Å². The van der Waals surface area contributed by atoms with Crippen molar-refractivity contribution in [2.24, 2.45) is 0 Å². The number of benzene rings is 2. The van der Waals surface area contributed by atoms with Gasteiger partial charge >= 0.3 is 0 Å². The number of methoxy groups -OCH3 is 6. The number of piperidine rings is 1. The molecule has 1 saturated heterocycles. The van der Waals surface area contributed by atoms with Gasteiger partial charge in [0, 0.05) is 12.1 Å². The molecule has 2 aromatic carbocycles. The van der Waals surface area contributed by atoms with Crippen molar-refractivity contribution in [3.63, 3.8) is 0 Å². The van der Waals surface area contributed by atoms with E-state index in [2.05, 4.69) is 36.2 Å². The highest BCUT2D eigenvalue weighted by Crippen LogP contribution is 2.40. The molecule has 1 aliphatic heterocycles. The van der Waals surface area contributed by atoms with Gasteiger partial charge in [-0.1, -0.05) is 6.42 Å². The van der Waals surface area contributed by atoms with Crippen LogP contribution in [0.2, 0.25) is 0 Å². The first-order valence-corrected chi connectivity index (χ1v) is 12.3. The van der Waals surface area contributed by atoms with Gasteiger partial charge < -0.3 is 33.3 Å². The fourth-order valence-electron chi connectivity index (χ4n) is 5.22. The number of rotatable bonds is 12. The summed E-state index contributed by atoms with van der Waals surface area (Å²) in [5.41, 5.74) is 2.40. The summed E-state index contributed by atoms with van der Waals surface area (Å²) < 4.78 is 33.0. The molecule has 2 unspecified atom stereocenters. The van der Waals surface area contributed by atoms with Crippen LogP contribution in [0.3, 0.4) is 0 Å². The van der Waals surface area contributed by atoms with Crippen LogP contribution in [0, 0.1) is 0 Å². The minimum Gasteiger partial charge on any atom is -0.493 e. The molecular weight excluding hydrogens is 482 g/mol. The lowest BCUT2D eigenvalue weighted by Crippen LogP contribution is -2.44. The fourth-order valence-corrected chi connectivity index (χ4v) is 5.22. The van der Waals surface area contributed by atoms with Crippen LogP contribution in [0.15, 0.2) is 24.3 Å². The quantitative estimate of drug-likeness (QED) is 0.360. The van der Waals surface area contributed by atoms with Crippen LogP contribution in [0.1, 0.15) is 43.2 Å². The maximum absolute atomic E-state index is 5.53. The third-order valence-corrected chi connectivity index (χ3v) is 7.21. The second-order valence-electron chi connectivity index (χ2n) is 9.05. The minimum absolute atomic E-state index is 0. The molecule has 8 heteroatoms. The summed E-state index contributed by atoms with van der Waals surface area (Å²) in [7, 11) is 12.2. The number of halogens is 1. The summed E-state index contributed by atoms with van der Waals surface area (Å²) >= 11 is 0. The molecule has 1 aliphatic rings. The van der Waals surface area contributed by atoms with Gasteiger partial charge in [-0.05, 0) is 81.0 Å². The molecule has 0 radical (unpaired) electrons. The highest BCUT2D eigenvalue weighted by molar-refractivity contribution is 5.85. The van der Waals surface area contributed by atoms with Gasteiger partial charge in [0.05, 0.1) is 42.7 Å². The van der Waals surface area contributed by atoms with Gasteiger partial charge in [-0.25, -0.2) is 0 Å². The summed E-state index contributed by atoms with van der Waals surface area (Å²) in [5, 5.41) is 0. The van der Waals surface area contributed by atoms with Gasteiger partial charge in [0.15, 0.2) is 23.0 Å². The lowest BCUT2D eigenvalue weighted by Gasteiger charge is -2.40. The molecule has 202 valence electrons. The van der Waals surface area contributed by atoms with E-state index < -0.39 is 0 Å². The molecule has 1 heterocycles. The van der Waals surface area contributed by atoms with Gasteiger partial charge in [-0.3, -0.25) is 0 Å². The Balaban J connectivity index is 0.00000456. The Kier molecular flexibility index (Phi) is 11.8. The lowest BCUT2D eigenvalue weighted by atomic mass is 9.89. The highest BCUT2D eigenvalue weighted by atomic mass is 35.5. The van der Waals surface area contributed by atoms with E-state index in [1.165, 1.54) is 30.4 Å². The van der Waals surface area contributed by atoms with Crippen LogP contribution in [-0.4, -0.2) is 66.7 Å². The molecule has 2 aromatic rings. The summed E-state index contributed by atoms with van der Waals surface area (Å²) in [6, 6.07) is 9.34. The number of hydrogen-bond donors (Lipinski definition) is 0.